The molecule has 0 unspecified atom stereocenters. The number of ether oxygens (including phenoxy) is 1. The smallest absolute Gasteiger partial charge is 0.238 e. The maximum absolute atomic E-state index is 12.1. The largest absolute Gasteiger partial charge is 0.379 e. The molecular weight excluding hydrogens is 344 g/mol. The van der Waals surface area contributed by atoms with E-state index in [1.54, 1.807) is 0 Å². The molecule has 2 aliphatic rings. The van der Waals surface area contributed by atoms with Gasteiger partial charge in [-0.15, -0.1) is 0 Å². The molecule has 27 heavy (non-hydrogen) atoms. The van der Waals surface area contributed by atoms with Crippen molar-refractivity contribution in [3.63, 3.8) is 0 Å². The second-order valence-electron chi connectivity index (χ2n) is 7.29. The first-order valence-corrected chi connectivity index (χ1v) is 9.89. The Morgan fingerprint density at radius 2 is 1.59 bits per heavy atom. The van der Waals surface area contributed by atoms with E-state index < -0.39 is 0 Å². The van der Waals surface area contributed by atoms with Crippen LogP contribution in [0.5, 0.6) is 0 Å². The second kappa shape index (κ2) is 10.4. The predicted octanol–water partition coefficient (Wildman–Crippen LogP) is 1.68. The number of morpholine rings is 1. The molecule has 0 aliphatic carbocycles. The first-order valence-electron chi connectivity index (χ1n) is 9.89. The highest BCUT2D eigenvalue weighted by atomic mass is 16.5. The van der Waals surface area contributed by atoms with Crippen molar-refractivity contribution < 1.29 is 14.3 Å². The quantitative estimate of drug-likeness (QED) is 0.676. The second-order valence-corrected chi connectivity index (χ2v) is 7.29. The van der Waals surface area contributed by atoms with Gasteiger partial charge in [-0.05, 0) is 62.5 Å². The molecule has 148 valence electrons. The predicted molar refractivity (Wildman–Crippen MR) is 106 cm³/mol. The number of nitrogens with one attached hydrogen (secondary N) is 3. The Balaban J connectivity index is 1.38. The summed E-state index contributed by atoms with van der Waals surface area (Å²) in [4.78, 5) is 26.3. The van der Waals surface area contributed by atoms with Gasteiger partial charge in [-0.25, -0.2) is 0 Å². The molecule has 0 saturated carbocycles. The maximum Gasteiger partial charge on any atom is 0.238 e. The van der Waals surface area contributed by atoms with Crippen molar-refractivity contribution in [3.8, 4) is 0 Å². The van der Waals surface area contributed by atoms with E-state index in [4.69, 9.17) is 4.74 Å². The number of hydrogen-bond donors (Lipinski definition) is 3. The van der Waals surface area contributed by atoms with Crippen molar-refractivity contribution in [2.24, 2.45) is 5.92 Å². The highest BCUT2D eigenvalue weighted by molar-refractivity contribution is 5.93. The zero-order chi connectivity index (χ0) is 18.9. The first kappa shape index (κ1) is 19.8. The standard InChI is InChI=1S/C20H30N4O3/c25-19(6-1-16-7-9-21-10-8-16)22-17-2-4-18(5-3-17)23-20(26)15-24-11-13-27-14-12-24/h2-5,16,21H,1,6-15H2,(H,22,25)(H,23,26). The van der Waals surface area contributed by atoms with Gasteiger partial charge < -0.3 is 20.7 Å². The summed E-state index contributed by atoms with van der Waals surface area (Å²) in [6.07, 6.45) is 3.82. The third kappa shape index (κ3) is 6.93. The molecule has 3 rings (SSSR count). The molecule has 2 fully saturated rings. The lowest BCUT2D eigenvalue weighted by molar-refractivity contribution is -0.118. The van der Waals surface area contributed by atoms with Gasteiger partial charge in [0.1, 0.15) is 0 Å². The fraction of sp³-hybridized carbons (Fsp3) is 0.600. The lowest BCUT2D eigenvalue weighted by Crippen LogP contribution is -2.41. The fourth-order valence-electron chi connectivity index (χ4n) is 3.53. The Labute approximate surface area is 160 Å². The van der Waals surface area contributed by atoms with Gasteiger partial charge >= 0.3 is 0 Å². The Hall–Kier alpha value is -1.96. The third-order valence-corrected chi connectivity index (χ3v) is 5.16. The highest BCUT2D eigenvalue weighted by Crippen LogP contribution is 2.19. The van der Waals surface area contributed by atoms with Gasteiger partial charge in [-0.2, -0.15) is 0 Å². The maximum atomic E-state index is 12.1. The van der Waals surface area contributed by atoms with E-state index in [9.17, 15) is 9.59 Å². The Bertz CT molecular complexity index is 608. The fourth-order valence-corrected chi connectivity index (χ4v) is 3.53. The van der Waals surface area contributed by atoms with Crippen molar-refractivity contribution in [1.29, 1.82) is 0 Å². The van der Waals surface area contributed by atoms with Gasteiger partial charge in [0.25, 0.3) is 0 Å². The van der Waals surface area contributed by atoms with Crippen molar-refractivity contribution in [2.45, 2.75) is 25.7 Å². The number of rotatable bonds is 7. The summed E-state index contributed by atoms with van der Waals surface area (Å²) in [5.74, 6) is 0.675. The normalized spacial score (nSPS) is 18.8. The number of benzene rings is 1. The van der Waals surface area contributed by atoms with Crippen LogP contribution < -0.4 is 16.0 Å². The molecule has 0 spiro atoms. The molecule has 0 bridgehead atoms. The van der Waals surface area contributed by atoms with Crippen LogP contribution in [-0.2, 0) is 14.3 Å². The van der Waals surface area contributed by atoms with Gasteiger partial charge in [0.15, 0.2) is 0 Å². The minimum atomic E-state index is -0.0318. The summed E-state index contributed by atoms with van der Waals surface area (Å²) in [7, 11) is 0. The summed E-state index contributed by atoms with van der Waals surface area (Å²) in [5.41, 5.74) is 1.50. The molecule has 0 aromatic heterocycles. The van der Waals surface area contributed by atoms with Gasteiger partial charge in [0, 0.05) is 30.9 Å². The van der Waals surface area contributed by atoms with Crippen molar-refractivity contribution in [3.05, 3.63) is 24.3 Å². The average Bonchev–Trinajstić information content (AvgIpc) is 2.69. The first-order chi connectivity index (χ1) is 13.2. The van der Waals surface area contributed by atoms with Gasteiger partial charge in [-0.3, -0.25) is 14.5 Å². The van der Waals surface area contributed by atoms with Crippen LogP contribution in [0.25, 0.3) is 0 Å². The van der Waals surface area contributed by atoms with E-state index in [0.29, 0.717) is 32.1 Å². The van der Waals surface area contributed by atoms with Crippen LogP contribution in [0.4, 0.5) is 11.4 Å². The molecule has 2 saturated heterocycles. The number of carbonyl (C=O) groups excluding carboxylic acids is 2. The third-order valence-electron chi connectivity index (χ3n) is 5.16. The monoisotopic (exact) mass is 374 g/mol. The molecular formula is C20H30N4O3. The number of piperidine rings is 1. The highest BCUT2D eigenvalue weighted by Gasteiger charge is 2.15. The molecule has 0 atom stereocenters. The molecule has 7 nitrogen and oxygen atoms in total. The lowest BCUT2D eigenvalue weighted by atomic mass is 9.93. The topological polar surface area (TPSA) is 82.7 Å². The van der Waals surface area contributed by atoms with Crippen LogP contribution in [0.1, 0.15) is 25.7 Å². The minimum Gasteiger partial charge on any atom is -0.379 e. The minimum absolute atomic E-state index is 0.0318. The van der Waals surface area contributed by atoms with E-state index in [-0.39, 0.29) is 11.8 Å². The van der Waals surface area contributed by atoms with Crippen molar-refractivity contribution in [2.75, 3.05) is 56.6 Å². The van der Waals surface area contributed by atoms with Crippen molar-refractivity contribution >= 4 is 23.2 Å². The number of anilines is 2. The number of hydrogen-bond acceptors (Lipinski definition) is 5. The summed E-state index contributed by atoms with van der Waals surface area (Å²) in [6.45, 7) is 5.43. The lowest BCUT2D eigenvalue weighted by Gasteiger charge is -2.25. The van der Waals surface area contributed by atoms with Crippen LogP contribution in [-0.4, -0.2) is 62.7 Å². The molecule has 3 N–H and O–H groups in total. The van der Waals surface area contributed by atoms with Gasteiger partial charge in [0.05, 0.1) is 19.8 Å². The van der Waals surface area contributed by atoms with Crippen molar-refractivity contribution in [1.82, 2.24) is 10.2 Å². The molecule has 1 aromatic carbocycles. The summed E-state index contributed by atoms with van der Waals surface area (Å²) < 4.78 is 5.29. The zero-order valence-electron chi connectivity index (χ0n) is 15.8. The van der Waals surface area contributed by atoms with Crippen LogP contribution in [0.3, 0.4) is 0 Å². The SMILES string of the molecule is O=C(CCC1CCNCC1)Nc1ccc(NC(=O)CN2CCOCC2)cc1. The van der Waals surface area contributed by atoms with E-state index in [0.717, 1.165) is 56.8 Å². The number of amides is 2. The molecule has 1 aromatic rings. The van der Waals surface area contributed by atoms with E-state index in [1.807, 2.05) is 24.3 Å². The van der Waals surface area contributed by atoms with E-state index >= 15 is 0 Å². The molecule has 7 heteroatoms. The van der Waals surface area contributed by atoms with E-state index in [1.165, 1.54) is 0 Å². The summed E-state index contributed by atoms with van der Waals surface area (Å²) >= 11 is 0. The van der Waals surface area contributed by atoms with Crippen LogP contribution >= 0.6 is 0 Å². The Morgan fingerprint density at radius 3 is 2.22 bits per heavy atom. The molecule has 2 amide bonds. The van der Waals surface area contributed by atoms with Gasteiger partial charge in [-0.1, -0.05) is 0 Å². The van der Waals surface area contributed by atoms with Crippen LogP contribution in [0.2, 0.25) is 0 Å². The van der Waals surface area contributed by atoms with Gasteiger partial charge in [0.2, 0.25) is 11.8 Å². The molecule has 2 heterocycles. The summed E-state index contributed by atoms with van der Waals surface area (Å²) in [6, 6.07) is 7.29. The average molecular weight is 374 g/mol. The van der Waals surface area contributed by atoms with E-state index in [2.05, 4.69) is 20.9 Å². The molecule has 0 radical (unpaired) electrons. The van der Waals surface area contributed by atoms with Crippen LogP contribution in [0, 0.1) is 5.92 Å². The number of carbonyl (C=O) groups is 2. The Morgan fingerprint density at radius 1 is 1.00 bits per heavy atom. The van der Waals surface area contributed by atoms with Crippen LogP contribution in [0.15, 0.2) is 24.3 Å². The summed E-state index contributed by atoms with van der Waals surface area (Å²) in [5, 5.41) is 9.18. The number of nitrogens with zero attached hydrogens (tertiary/aromatic N) is 1. The molecule has 2 aliphatic heterocycles. The Kier molecular flexibility index (Phi) is 7.62. The zero-order valence-corrected chi connectivity index (χ0v) is 15.8.